The van der Waals surface area contributed by atoms with Crippen LogP contribution in [0.1, 0.15) is 11.1 Å². The van der Waals surface area contributed by atoms with Crippen LogP contribution in [-0.2, 0) is 14.8 Å². The van der Waals surface area contributed by atoms with Gasteiger partial charge in [-0.1, -0.05) is 17.7 Å². The fourth-order valence-corrected chi connectivity index (χ4v) is 4.92. The van der Waals surface area contributed by atoms with Gasteiger partial charge in [0.1, 0.15) is 5.82 Å². The van der Waals surface area contributed by atoms with Crippen molar-refractivity contribution in [1.29, 1.82) is 0 Å². The molecular formula is C20H24FN3O3S. The Hall–Kier alpha value is -2.29. The van der Waals surface area contributed by atoms with Crippen molar-refractivity contribution in [2.24, 2.45) is 0 Å². The second kappa shape index (κ2) is 8.38. The molecular weight excluding hydrogens is 381 g/mol. The molecule has 28 heavy (non-hydrogen) atoms. The first-order valence-corrected chi connectivity index (χ1v) is 10.5. The third kappa shape index (κ3) is 4.76. The van der Waals surface area contributed by atoms with Crippen molar-refractivity contribution in [3.8, 4) is 0 Å². The summed E-state index contributed by atoms with van der Waals surface area (Å²) in [6, 6.07) is 10.9. The first-order chi connectivity index (χ1) is 13.3. The van der Waals surface area contributed by atoms with E-state index in [2.05, 4.69) is 5.32 Å². The Balaban J connectivity index is 1.56. The topological polar surface area (TPSA) is 69.7 Å². The van der Waals surface area contributed by atoms with E-state index >= 15 is 0 Å². The number of nitrogens with zero attached hydrogens (tertiary/aromatic N) is 2. The maximum Gasteiger partial charge on any atom is 0.243 e. The van der Waals surface area contributed by atoms with Crippen molar-refractivity contribution in [1.82, 2.24) is 9.21 Å². The molecule has 1 heterocycles. The Bertz CT molecular complexity index is 953. The van der Waals surface area contributed by atoms with Crippen LogP contribution < -0.4 is 5.32 Å². The number of sulfonamides is 1. The number of benzene rings is 2. The number of amides is 1. The van der Waals surface area contributed by atoms with Gasteiger partial charge in [0.2, 0.25) is 15.9 Å². The number of carbonyl (C=O) groups is 1. The van der Waals surface area contributed by atoms with Crippen LogP contribution in [0.3, 0.4) is 0 Å². The first-order valence-electron chi connectivity index (χ1n) is 9.11. The molecule has 1 amide bonds. The lowest BCUT2D eigenvalue weighted by Gasteiger charge is -2.33. The molecule has 6 nitrogen and oxygen atoms in total. The highest BCUT2D eigenvalue weighted by Crippen LogP contribution is 2.22. The van der Waals surface area contributed by atoms with Crippen LogP contribution >= 0.6 is 0 Å². The zero-order chi connectivity index (χ0) is 20.3. The molecule has 1 fully saturated rings. The zero-order valence-electron chi connectivity index (χ0n) is 16.0. The molecule has 0 saturated carbocycles. The van der Waals surface area contributed by atoms with Crippen LogP contribution in [0.5, 0.6) is 0 Å². The number of nitrogens with one attached hydrogen (secondary N) is 1. The molecule has 0 radical (unpaired) electrons. The minimum Gasteiger partial charge on any atom is -0.325 e. The van der Waals surface area contributed by atoms with Gasteiger partial charge in [-0.15, -0.1) is 0 Å². The van der Waals surface area contributed by atoms with Gasteiger partial charge in [-0.05, 0) is 49.7 Å². The standard InChI is InChI=1S/C20H24FN3O3S/c1-15-3-8-19(16(2)13-15)28(26,27)24-11-9-23(10-12-24)14-20(25)22-18-6-4-17(21)5-7-18/h3-8,13H,9-12,14H2,1-2H3,(H,22,25). The molecule has 8 heteroatoms. The summed E-state index contributed by atoms with van der Waals surface area (Å²) >= 11 is 0. The fraction of sp³-hybridized carbons (Fsp3) is 0.350. The average Bonchev–Trinajstić information content (AvgIpc) is 2.64. The molecule has 0 unspecified atom stereocenters. The van der Waals surface area contributed by atoms with E-state index in [9.17, 15) is 17.6 Å². The summed E-state index contributed by atoms with van der Waals surface area (Å²) in [5, 5.41) is 2.72. The van der Waals surface area contributed by atoms with Crippen molar-refractivity contribution in [3.05, 3.63) is 59.4 Å². The smallest absolute Gasteiger partial charge is 0.243 e. The molecule has 0 atom stereocenters. The fourth-order valence-electron chi connectivity index (χ4n) is 3.29. The van der Waals surface area contributed by atoms with Gasteiger partial charge in [0.25, 0.3) is 0 Å². The number of rotatable bonds is 5. The quantitative estimate of drug-likeness (QED) is 0.829. The summed E-state index contributed by atoms with van der Waals surface area (Å²) < 4.78 is 40.2. The van der Waals surface area contributed by atoms with E-state index < -0.39 is 10.0 Å². The molecule has 0 aliphatic carbocycles. The summed E-state index contributed by atoms with van der Waals surface area (Å²) in [6.07, 6.45) is 0. The highest BCUT2D eigenvalue weighted by atomic mass is 32.2. The Labute approximate surface area is 165 Å². The number of piperazine rings is 1. The summed E-state index contributed by atoms with van der Waals surface area (Å²) in [5.41, 5.74) is 2.29. The summed E-state index contributed by atoms with van der Waals surface area (Å²) in [6.45, 7) is 5.50. The third-order valence-corrected chi connectivity index (χ3v) is 6.83. The lowest BCUT2D eigenvalue weighted by atomic mass is 10.2. The second-order valence-electron chi connectivity index (χ2n) is 7.00. The number of anilines is 1. The second-order valence-corrected chi connectivity index (χ2v) is 8.91. The molecule has 0 spiro atoms. The van der Waals surface area contributed by atoms with Gasteiger partial charge in [-0.2, -0.15) is 4.31 Å². The van der Waals surface area contributed by atoms with Crippen LogP contribution in [0, 0.1) is 19.7 Å². The summed E-state index contributed by atoms with van der Waals surface area (Å²) in [5.74, 6) is -0.573. The molecule has 2 aromatic carbocycles. The van der Waals surface area contributed by atoms with Crippen LogP contribution in [0.4, 0.5) is 10.1 Å². The van der Waals surface area contributed by atoms with Gasteiger partial charge in [0.15, 0.2) is 0 Å². The molecule has 2 aromatic rings. The first kappa shape index (κ1) is 20.4. The Morgan fingerprint density at radius 3 is 2.29 bits per heavy atom. The van der Waals surface area contributed by atoms with Crippen LogP contribution in [0.25, 0.3) is 0 Å². The molecule has 0 bridgehead atoms. The third-order valence-electron chi connectivity index (χ3n) is 4.77. The van der Waals surface area contributed by atoms with Crippen molar-refractivity contribution in [2.45, 2.75) is 18.7 Å². The van der Waals surface area contributed by atoms with Crippen LogP contribution in [-0.4, -0.2) is 56.3 Å². The Morgan fingerprint density at radius 1 is 1.04 bits per heavy atom. The lowest BCUT2D eigenvalue weighted by Crippen LogP contribution is -2.50. The minimum atomic E-state index is -3.54. The van der Waals surface area contributed by atoms with Gasteiger partial charge in [-0.25, -0.2) is 12.8 Å². The van der Waals surface area contributed by atoms with E-state index in [1.807, 2.05) is 17.9 Å². The van der Waals surface area contributed by atoms with Gasteiger partial charge < -0.3 is 5.32 Å². The summed E-state index contributed by atoms with van der Waals surface area (Å²) in [4.78, 5) is 14.4. The van der Waals surface area contributed by atoms with Crippen molar-refractivity contribution >= 4 is 21.6 Å². The number of halogens is 1. The number of aryl methyl sites for hydroxylation is 2. The SMILES string of the molecule is Cc1ccc(S(=O)(=O)N2CCN(CC(=O)Nc3ccc(F)cc3)CC2)c(C)c1. The summed E-state index contributed by atoms with van der Waals surface area (Å²) in [7, 11) is -3.54. The lowest BCUT2D eigenvalue weighted by molar-refractivity contribution is -0.117. The minimum absolute atomic E-state index is 0.162. The monoisotopic (exact) mass is 405 g/mol. The van der Waals surface area contributed by atoms with E-state index in [-0.39, 0.29) is 18.3 Å². The van der Waals surface area contributed by atoms with Gasteiger partial charge >= 0.3 is 0 Å². The van der Waals surface area contributed by atoms with E-state index in [0.717, 1.165) is 11.1 Å². The van der Waals surface area contributed by atoms with E-state index in [1.165, 1.54) is 28.6 Å². The highest BCUT2D eigenvalue weighted by molar-refractivity contribution is 7.89. The molecule has 1 aliphatic heterocycles. The molecule has 0 aromatic heterocycles. The molecule has 150 valence electrons. The van der Waals surface area contributed by atoms with E-state index in [0.29, 0.717) is 36.8 Å². The van der Waals surface area contributed by atoms with Crippen LogP contribution in [0.2, 0.25) is 0 Å². The van der Waals surface area contributed by atoms with Crippen LogP contribution in [0.15, 0.2) is 47.4 Å². The average molecular weight is 405 g/mol. The Morgan fingerprint density at radius 2 is 1.68 bits per heavy atom. The number of carbonyl (C=O) groups excluding carboxylic acids is 1. The van der Waals surface area contributed by atoms with Crippen molar-refractivity contribution < 1.29 is 17.6 Å². The predicted octanol–water partition coefficient (Wildman–Crippen LogP) is 2.39. The predicted molar refractivity (Wildman–Crippen MR) is 106 cm³/mol. The Kier molecular flexibility index (Phi) is 6.12. The van der Waals surface area contributed by atoms with Crippen molar-refractivity contribution in [2.75, 3.05) is 38.0 Å². The van der Waals surface area contributed by atoms with Gasteiger partial charge in [0, 0.05) is 31.9 Å². The highest BCUT2D eigenvalue weighted by Gasteiger charge is 2.30. The van der Waals surface area contributed by atoms with Gasteiger partial charge in [-0.3, -0.25) is 9.69 Å². The van der Waals surface area contributed by atoms with Crippen molar-refractivity contribution in [3.63, 3.8) is 0 Å². The maximum absolute atomic E-state index is 12.9. The number of hydrogen-bond acceptors (Lipinski definition) is 4. The maximum atomic E-state index is 12.9. The zero-order valence-corrected chi connectivity index (χ0v) is 16.8. The molecule has 1 N–H and O–H groups in total. The molecule has 1 aliphatic rings. The largest absolute Gasteiger partial charge is 0.325 e. The van der Waals surface area contributed by atoms with Gasteiger partial charge in [0.05, 0.1) is 11.4 Å². The number of hydrogen-bond donors (Lipinski definition) is 1. The van der Waals surface area contributed by atoms with E-state index in [1.54, 1.807) is 19.1 Å². The normalized spacial score (nSPS) is 16.1. The molecule has 1 saturated heterocycles. The molecule has 3 rings (SSSR count). The van der Waals surface area contributed by atoms with E-state index in [4.69, 9.17) is 0 Å².